The summed E-state index contributed by atoms with van der Waals surface area (Å²) in [5, 5.41) is 0. The first-order valence-electron chi connectivity index (χ1n) is 8.80. The molecule has 3 rings (SSSR count). The molecule has 2 atom stereocenters. The van der Waals surface area contributed by atoms with Gasteiger partial charge in [-0.05, 0) is 36.6 Å². The van der Waals surface area contributed by atoms with Crippen molar-refractivity contribution in [3.63, 3.8) is 0 Å². The van der Waals surface area contributed by atoms with Gasteiger partial charge in [0.05, 0.1) is 6.10 Å². The lowest BCUT2D eigenvalue weighted by molar-refractivity contribution is -0.117. The average molecular weight is 352 g/mol. The molecule has 0 aliphatic carbocycles. The number of ether oxygens (including phenoxy) is 3. The molecule has 2 aromatic carbocycles. The second-order valence-corrected chi connectivity index (χ2v) is 6.42. The summed E-state index contributed by atoms with van der Waals surface area (Å²) in [5.41, 5.74) is 2.19. The summed E-state index contributed by atoms with van der Waals surface area (Å²) in [7, 11) is 1.72. The molecule has 0 saturated heterocycles. The van der Waals surface area contributed by atoms with Crippen LogP contribution in [-0.2, 0) is 9.53 Å². The maximum atomic E-state index is 11.7. The zero-order valence-corrected chi connectivity index (χ0v) is 15.2. The van der Waals surface area contributed by atoms with Crippen molar-refractivity contribution in [3.05, 3.63) is 71.8 Å². The molecule has 1 aliphatic rings. The third kappa shape index (κ3) is 4.52. The highest BCUT2D eigenvalue weighted by atomic mass is 16.7. The Kier molecular flexibility index (Phi) is 6.08. The average Bonchev–Trinajstić information content (AvgIpc) is 3.12. The lowest BCUT2D eigenvalue weighted by Crippen LogP contribution is -2.03. The first kappa shape index (κ1) is 18.2. The second kappa shape index (κ2) is 8.68. The van der Waals surface area contributed by atoms with E-state index in [4.69, 9.17) is 14.2 Å². The van der Waals surface area contributed by atoms with Crippen LogP contribution in [0.3, 0.4) is 0 Å². The van der Waals surface area contributed by atoms with Crippen molar-refractivity contribution >= 4 is 5.78 Å². The Hall–Kier alpha value is -2.59. The SMILES string of the molecule is COC(C/C=C/C(CC(C)=O)c1ccc2c(c1)OCO2)c1ccccc1. The summed E-state index contributed by atoms with van der Waals surface area (Å²) < 4.78 is 16.4. The number of benzene rings is 2. The number of allylic oxidation sites excluding steroid dienone is 1. The van der Waals surface area contributed by atoms with Crippen molar-refractivity contribution in [2.24, 2.45) is 0 Å². The van der Waals surface area contributed by atoms with Crippen molar-refractivity contribution in [2.75, 3.05) is 13.9 Å². The number of hydrogen-bond acceptors (Lipinski definition) is 4. The molecule has 1 heterocycles. The Morgan fingerprint density at radius 2 is 1.88 bits per heavy atom. The van der Waals surface area contributed by atoms with Gasteiger partial charge in [-0.25, -0.2) is 0 Å². The molecular weight excluding hydrogens is 328 g/mol. The standard InChI is InChI=1S/C22H24O4/c1-16(23)13-18(19-11-12-21-22(14-19)26-15-25-21)9-6-10-20(24-2)17-7-4-3-5-8-17/h3-9,11-12,14,18,20H,10,13,15H2,1-2H3/b9-6+. The Bertz CT molecular complexity index is 767. The van der Waals surface area contributed by atoms with Crippen LogP contribution in [0.25, 0.3) is 0 Å². The topological polar surface area (TPSA) is 44.8 Å². The lowest BCUT2D eigenvalue weighted by Gasteiger charge is -2.15. The molecule has 2 unspecified atom stereocenters. The smallest absolute Gasteiger partial charge is 0.231 e. The molecule has 0 radical (unpaired) electrons. The normalized spacial score (nSPS) is 15.2. The zero-order valence-electron chi connectivity index (χ0n) is 15.2. The van der Waals surface area contributed by atoms with Gasteiger partial charge in [0.15, 0.2) is 11.5 Å². The van der Waals surface area contributed by atoms with Crippen LogP contribution < -0.4 is 9.47 Å². The highest BCUT2D eigenvalue weighted by Gasteiger charge is 2.18. The van der Waals surface area contributed by atoms with E-state index in [-0.39, 0.29) is 24.6 Å². The second-order valence-electron chi connectivity index (χ2n) is 6.42. The van der Waals surface area contributed by atoms with Gasteiger partial charge in [0.2, 0.25) is 6.79 Å². The molecule has 0 saturated carbocycles. The molecule has 26 heavy (non-hydrogen) atoms. The molecule has 0 aromatic heterocycles. The van der Waals surface area contributed by atoms with E-state index in [0.717, 1.165) is 29.0 Å². The summed E-state index contributed by atoms with van der Waals surface area (Å²) in [4.78, 5) is 11.7. The minimum atomic E-state index is 0.00202. The van der Waals surface area contributed by atoms with Crippen LogP contribution in [0, 0.1) is 0 Å². The predicted octanol–water partition coefficient (Wildman–Crippen LogP) is 4.81. The Morgan fingerprint density at radius 1 is 1.12 bits per heavy atom. The highest BCUT2D eigenvalue weighted by molar-refractivity contribution is 5.76. The van der Waals surface area contributed by atoms with E-state index >= 15 is 0 Å². The first-order valence-corrected chi connectivity index (χ1v) is 8.80. The summed E-state index contributed by atoms with van der Waals surface area (Å²) in [6.45, 7) is 1.87. The van der Waals surface area contributed by atoms with Crippen LogP contribution in [0.4, 0.5) is 0 Å². The van der Waals surface area contributed by atoms with Gasteiger partial charge in [-0.2, -0.15) is 0 Å². The number of hydrogen-bond donors (Lipinski definition) is 0. The largest absolute Gasteiger partial charge is 0.454 e. The maximum Gasteiger partial charge on any atom is 0.231 e. The minimum Gasteiger partial charge on any atom is -0.454 e. The molecule has 2 aromatic rings. The fourth-order valence-electron chi connectivity index (χ4n) is 3.15. The Labute approximate surface area is 154 Å². The number of Topliss-reactive ketones (excluding diaryl/α,β-unsaturated/α-hetero) is 1. The van der Waals surface area contributed by atoms with Gasteiger partial charge in [-0.15, -0.1) is 0 Å². The van der Waals surface area contributed by atoms with Crippen LogP contribution in [-0.4, -0.2) is 19.7 Å². The van der Waals surface area contributed by atoms with E-state index < -0.39 is 0 Å². The third-order valence-corrected chi connectivity index (χ3v) is 4.51. The quantitative estimate of drug-likeness (QED) is 0.640. The number of fused-ring (bicyclic) bond motifs is 1. The molecule has 1 aliphatic heterocycles. The summed E-state index contributed by atoms with van der Waals surface area (Å²) >= 11 is 0. The summed E-state index contributed by atoms with van der Waals surface area (Å²) in [5.74, 6) is 1.66. The van der Waals surface area contributed by atoms with Gasteiger partial charge < -0.3 is 14.2 Å². The van der Waals surface area contributed by atoms with Crippen molar-refractivity contribution in [2.45, 2.75) is 31.8 Å². The number of ketones is 1. The molecule has 136 valence electrons. The van der Waals surface area contributed by atoms with Crippen LogP contribution in [0.2, 0.25) is 0 Å². The summed E-state index contributed by atoms with van der Waals surface area (Å²) in [6, 6.07) is 16.0. The van der Waals surface area contributed by atoms with E-state index in [2.05, 4.69) is 24.3 Å². The van der Waals surface area contributed by atoms with Crippen LogP contribution >= 0.6 is 0 Å². The number of rotatable bonds is 8. The van der Waals surface area contributed by atoms with Crippen molar-refractivity contribution in [1.29, 1.82) is 0 Å². The van der Waals surface area contributed by atoms with Gasteiger partial charge in [0.25, 0.3) is 0 Å². The van der Waals surface area contributed by atoms with E-state index in [1.807, 2.05) is 36.4 Å². The van der Waals surface area contributed by atoms with Crippen LogP contribution in [0.5, 0.6) is 11.5 Å². The lowest BCUT2D eigenvalue weighted by atomic mass is 9.92. The minimum absolute atomic E-state index is 0.00202. The number of carbonyl (C=O) groups excluding carboxylic acids is 1. The van der Waals surface area contributed by atoms with Gasteiger partial charge in [0.1, 0.15) is 5.78 Å². The van der Waals surface area contributed by atoms with Crippen LogP contribution in [0.15, 0.2) is 60.7 Å². The number of carbonyl (C=O) groups is 1. The third-order valence-electron chi connectivity index (χ3n) is 4.51. The maximum absolute atomic E-state index is 11.7. The van der Waals surface area contributed by atoms with Gasteiger partial charge in [-0.1, -0.05) is 48.6 Å². The zero-order chi connectivity index (χ0) is 18.4. The highest BCUT2D eigenvalue weighted by Crippen LogP contribution is 2.36. The molecule has 4 nitrogen and oxygen atoms in total. The van der Waals surface area contributed by atoms with E-state index in [0.29, 0.717) is 6.42 Å². The number of methoxy groups -OCH3 is 1. The summed E-state index contributed by atoms with van der Waals surface area (Å²) in [6.07, 6.45) is 5.40. The molecule has 4 heteroatoms. The molecule has 0 spiro atoms. The van der Waals surface area contributed by atoms with Gasteiger partial charge in [0, 0.05) is 19.4 Å². The monoisotopic (exact) mass is 352 g/mol. The Balaban J connectivity index is 1.73. The first-order chi connectivity index (χ1) is 12.7. The van der Waals surface area contributed by atoms with E-state index in [9.17, 15) is 4.79 Å². The van der Waals surface area contributed by atoms with Crippen molar-refractivity contribution in [3.8, 4) is 11.5 Å². The van der Waals surface area contributed by atoms with E-state index in [1.54, 1.807) is 14.0 Å². The van der Waals surface area contributed by atoms with Crippen molar-refractivity contribution < 1.29 is 19.0 Å². The fraction of sp³-hybridized carbons (Fsp3) is 0.318. The fourth-order valence-corrected chi connectivity index (χ4v) is 3.15. The van der Waals surface area contributed by atoms with Gasteiger partial charge in [-0.3, -0.25) is 4.79 Å². The predicted molar refractivity (Wildman–Crippen MR) is 101 cm³/mol. The van der Waals surface area contributed by atoms with E-state index in [1.165, 1.54) is 0 Å². The molecule has 0 fully saturated rings. The molecule has 0 bridgehead atoms. The molecule has 0 N–H and O–H groups in total. The van der Waals surface area contributed by atoms with Crippen molar-refractivity contribution in [1.82, 2.24) is 0 Å². The Morgan fingerprint density at radius 3 is 2.62 bits per heavy atom. The molecular formula is C22H24O4. The van der Waals surface area contributed by atoms with Gasteiger partial charge >= 0.3 is 0 Å². The molecule has 0 amide bonds. The van der Waals surface area contributed by atoms with Crippen LogP contribution in [0.1, 0.15) is 42.9 Å².